The topological polar surface area (TPSA) is 108 Å². The highest BCUT2D eigenvalue weighted by Gasteiger charge is 2.23. The highest BCUT2D eigenvalue weighted by Crippen LogP contribution is 2.38. The second kappa shape index (κ2) is 62.3. The minimum absolute atomic E-state index is 0.00723. The number of carbonyl (C=O) groups excluding carboxylic acids is 1. The summed E-state index contributed by atoms with van der Waals surface area (Å²) >= 11 is 0. The maximum absolute atomic E-state index is 13.0. The molecule has 1 amide bonds. The van der Waals surface area contributed by atoms with Gasteiger partial charge in [0, 0.05) is 6.42 Å². The fourth-order valence-corrected chi connectivity index (χ4v) is 11.6. The maximum atomic E-state index is 13.0. The lowest BCUT2D eigenvalue weighted by Gasteiger charge is -2.29. The average Bonchev–Trinajstić information content (AvgIpc) is 3.42. The molecule has 0 rings (SSSR count). The summed E-state index contributed by atoms with van der Waals surface area (Å²) in [6, 6.07) is -0.909. The van der Waals surface area contributed by atoms with Crippen LogP contribution >= 0.6 is 7.82 Å². The van der Waals surface area contributed by atoms with Gasteiger partial charge in [-0.15, -0.1) is 0 Å². The molecule has 474 valence electrons. The van der Waals surface area contributed by atoms with E-state index in [1.165, 1.54) is 295 Å². The lowest BCUT2D eigenvalue weighted by atomic mass is 10.0. The number of likely N-dealkylation sites (N-methyl/N-ethyl adjacent to an activating group) is 1. The van der Waals surface area contributed by atoms with Gasteiger partial charge in [-0.3, -0.25) is 9.36 Å². The third kappa shape index (κ3) is 64.3. The number of phosphoric ester groups is 1. The van der Waals surface area contributed by atoms with Gasteiger partial charge in [-0.1, -0.05) is 346 Å². The van der Waals surface area contributed by atoms with Crippen molar-refractivity contribution in [1.82, 2.24) is 5.32 Å². The number of hydrogen-bond donors (Lipinski definition) is 2. The number of nitrogens with zero attached hydrogens (tertiary/aromatic N) is 1. The van der Waals surface area contributed by atoms with Crippen molar-refractivity contribution in [2.75, 3.05) is 40.9 Å². The molecule has 0 aliphatic heterocycles. The number of nitrogens with one attached hydrogen (secondary N) is 1. The molecule has 0 aliphatic rings. The zero-order valence-electron chi connectivity index (χ0n) is 54.3. The van der Waals surface area contributed by atoms with Crippen molar-refractivity contribution in [3.63, 3.8) is 0 Å². The van der Waals surface area contributed by atoms with E-state index in [0.29, 0.717) is 17.4 Å². The summed E-state index contributed by atoms with van der Waals surface area (Å²) in [4.78, 5) is 25.6. The SMILES string of the molecule is CCCCCCCCCCC/C=C/CC/C=C/CC/C=C/C(O)C(COP(=O)([O-])OCC[N+](C)(C)C)NC(=O)CCCCCCCCCCCCCCCCCCCCCCCCCCCCCCCCCCCCCCCCC. The number of hydrogen-bond acceptors (Lipinski definition) is 6. The largest absolute Gasteiger partial charge is 0.756 e. The van der Waals surface area contributed by atoms with Gasteiger partial charge in [-0.25, -0.2) is 0 Å². The number of quaternary nitrogens is 1. The van der Waals surface area contributed by atoms with Crippen LogP contribution in [0.1, 0.15) is 361 Å². The molecule has 0 aliphatic carbocycles. The van der Waals surface area contributed by atoms with E-state index < -0.39 is 26.6 Å². The lowest BCUT2D eigenvalue weighted by Crippen LogP contribution is -2.45. The number of aliphatic hydroxyl groups is 1. The molecule has 0 fully saturated rings. The quantitative estimate of drug-likeness (QED) is 0.0272. The third-order valence-corrected chi connectivity index (χ3v) is 17.3. The molecule has 0 radical (unpaired) electrons. The van der Waals surface area contributed by atoms with Crippen LogP contribution in [0.3, 0.4) is 0 Å². The summed E-state index contributed by atoms with van der Waals surface area (Å²) in [5.41, 5.74) is 0. The van der Waals surface area contributed by atoms with Crippen LogP contribution in [0.15, 0.2) is 36.5 Å². The lowest BCUT2D eigenvalue weighted by molar-refractivity contribution is -0.870. The molecular weight excluding hydrogens is 1010 g/mol. The van der Waals surface area contributed by atoms with Crippen LogP contribution in [0.4, 0.5) is 0 Å². The fourth-order valence-electron chi connectivity index (χ4n) is 10.8. The van der Waals surface area contributed by atoms with Gasteiger partial charge in [-0.2, -0.15) is 0 Å². The normalized spacial score (nSPS) is 13.8. The van der Waals surface area contributed by atoms with E-state index in [4.69, 9.17) is 9.05 Å². The standard InChI is InChI=1S/C71H139N2O6P/c1-6-8-10-12-14-16-18-20-22-24-26-27-28-29-30-31-32-33-34-35-36-37-38-39-40-41-42-43-44-45-47-49-51-53-55-57-59-61-63-65-71(75)72-69(68-79-80(76,77)78-67-66-73(3,4)5)70(74)64-62-60-58-56-54-52-50-48-46-25-23-21-19-17-15-13-11-9-7-2/h46,48,54,56,62,64,69-70,74H,6-45,47,49-53,55,57-61,63,65-68H2,1-5H3,(H-,72,75,76,77)/b48-46+,56-54+,64-62+. The Morgan fingerprint density at radius 1 is 0.425 bits per heavy atom. The predicted octanol–water partition coefficient (Wildman–Crippen LogP) is 21.8. The van der Waals surface area contributed by atoms with Gasteiger partial charge in [-0.05, 0) is 44.9 Å². The molecule has 0 aromatic rings. The van der Waals surface area contributed by atoms with Gasteiger partial charge in [0.15, 0.2) is 0 Å². The molecule has 0 heterocycles. The van der Waals surface area contributed by atoms with E-state index in [1.807, 2.05) is 27.2 Å². The van der Waals surface area contributed by atoms with Crippen molar-refractivity contribution < 1.29 is 32.9 Å². The van der Waals surface area contributed by atoms with E-state index in [2.05, 4.69) is 43.5 Å². The van der Waals surface area contributed by atoms with Crippen LogP contribution in [0, 0.1) is 0 Å². The molecular formula is C71H139N2O6P. The van der Waals surface area contributed by atoms with Crippen LogP contribution < -0.4 is 10.2 Å². The van der Waals surface area contributed by atoms with Crippen LogP contribution in [-0.4, -0.2) is 68.5 Å². The summed E-state index contributed by atoms with van der Waals surface area (Å²) in [6.07, 6.45) is 83.0. The summed E-state index contributed by atoms with van der Waals surface area (Å²) in [5.74, 6) is -0.204. The van der Waals surface area contributed by atoms with Gasteiger partial charge >= 0.3 is 0 Å². The predicted molar refractivity (Wildman–Crippen MR) is 348 cm³/mol. The van der Waals surface area contributed by atoms with E-state index in [0.717, 1.165) is 44.9 Å². The van der Waals surface area contributed by atoms with Crippen molar-refractivity contribution in [3.8, 4) is 0 Å². The number of unbranched alkanes of at least 4 members (excludes halogenated alkanes) is 49. The van der Waals surface area contributed by atoms with E-state index in [9.17, 15) is 19.4 Å². The number of amides is 1. The molecule has 0 saturated carbocycles. The van der Waals surface area contributed by atoms with Crippen molar-refractivity contribution in [1.29, 1.82) is 0 Å². The summed E-state index contributed by atoms with van der Waals surface area (Å²) < 4.78 is 23.4. The Labute approximate surface area is 499 Å². The Balaban J connectivity index is 3.93. The summed E-state index contributed by atoms with van der Waals surface area (Å²) in [7, 11) is 1.25. The molecule has 0 aromatic heterocycles. The van der Waals surface area contributed by atoms with E-state index in [-0.39, 0.29) is 12.5 Å². The van der Waals surface area contributed by atoms with Crippen LogP contribution in [-0.2, 0) is 18.4 Å². The Kier molecular flexibility index (Phi) is 61.3. The van der Waals surface area contributed by atoms with Crippen LogP contribution in [0.5, 0.6) is 0 Å². The number of carbonyl (C=O) groups is 1. The van der Waals surface area contributed by atoms with E-state index in [1.54, 1.807) is 6.08 Å². The van der Waals surface area contributed by atoms with Crippen LogP contribution in [0.2, 0.25) is 0 Å². The molecule has 2 N–H and O–H groups in total. The number of rotatable bonds is 66. The molecule has 0 bridgehead atoms. The number of aliphatic hydroxyl groups excluding tert-OH is 1. The minimum atomic E-state index is -4.61. The van der Waals surface area contributed by atoms with Crippen molar-refractivity contribution >= 4 is 13.7 Å². The Morgan fingerprint density at radius 2 is 0.700 bits per heavy atom. The highest BCUT2D eigenvalue weighted by atomic mass is 31.2. The molecule has 0 spiro atoms. The number of phosphoric acid groups is 1. The van der Waals surface area contributed by atoms with Gasteiger partial charge in [0.05, 0.1) is 39.9 Å². The maximum Gasteiger partial charge on any atom is 0.268 e. The first-order valence-electron chi connectivity index (χ1n) is 35.4. The third-order valence-electron chi connectivity index (χ3n) is 16.3. The fraction of sp³-hybridized carbons (Fsp3) is 0.901. The van der Waals surface area contributed by atoms with Gasteiger partial charge in [0.1, 0.15) is 13.2 Å². The number of allylic oxidation sites excluding steroid dienone is 5. The van der Waals surface area contributed by atoms with E-state index >= 15 is 0 Å². The highest BCUT2D eigenvalue weighted by molar-refractivity contribution is 7.45. The summed E-state index contributed by atoms with van der Waals surface area (Å²) in [5, 5.41) is 13.9. The van der Waals surface area contributed by atoms with Gasteiger partial charge < -0.3 is 28.8 Å². The smallest absolute Gasteiger partial charge is 0.268 e. The Morgan fingerprint density at radius 3 is 1.01 bits per heavy atom. The first kappa shape index (κ1) is 78.7. The van der Waals surface area contributed by atoms with Gasteiger partial charge in [0.25, 0.3) is 7.82 Å². The Hall–Kier alpha value is -1.28. The zero-order chi connectivity index (χ0) is 58.4. The second-order valence-corrected chi connectivity index (χ2v) is 27.0. The average molecular weight is 1150 g/mol. The molecule has 9 heteroatoms. The van der Waals surface area contributed by atoms with Crippen LogP contribution in [0.25, 0.3) is 0 Å². The first-order chi connectivity index (χ1) is 39.0. The molecule has 3 atom stereocenters. The molecule has 0 aromatic carbocycles. The van der Waals surface area contributed by atoms with Crippen molar-refractivity contribution in [3.05, 3.63) is 36.5 Å². The first-order valence-corrected chi connectivity index (χ1v) is 36.8. The molecule has 3 unspecified atom stereocenters. The Bertz CT molecular complexity index is 1400. The second-order valence-electron chi connectivity index (χ2n) is 25.6. The minimum Gasteiger partial charge on any atom is -0.756 e. The summed E-state index contributed by atoms with van der Waals surface area (Å²) in [6.45, 7) is 4.67. The van der Waals surface area contributed by atoms with Crippen molar-refractivity contribution in [2.24, 2.45) is 0 Å². The van der Waals surface area contributed by atoms with Crippen molar-refractivity contribution in [2.45, 2.75) is 373 Å². The zero-order valence-corrected chi connectivity index (χ0v) is 55.2. The monoisotopic (exact) mass is 1150 g/mol. The van der Waals surface area contributed by atoms with Gasteiger partial charge in [0.2, 0.25) is 5.91 Å². The molecule has 8 nitrogen and oxygen atoms in total. The molecule has 0 saturated heterocycles. The molecule has 80 heavy (non-hydrogen) atoms.